The first-order valence-electron chi connectivity index (χ1n) is 8.29. The maximum absolute atomic E-state index is 11.3. The first-order valence-corrected chi connectivity index (χ1v) is 12.0. The standard InChI is InChI=1S/C19H24N2O2Si/c1-24(2,3)11-10-23-14-21-17-7-5-4-6-15(17)12-18(21)16-8-9-19(22)20-13-16/h4-9,12-13H,10-11,14H2,1-3H3,(H,20,22). The van der Waals surface area contributed by atoms with Crippen molar-refractivity contribution in [1.82, 2.24) is 9.55 Å². The number of rotatable bonds is 6. The van der Waals surface area contributed by atoms with E-state index in [0.29, 0.717) is 6.73 Å². The Morgan fingerprint density at radius 1 is 1.12 bits per heavy atom. The average molecular weight is 340 g/mol. The van der Waals surface area contributed by atoms with Gasteiger partial charge in [0, 0.05) is 37.9 Å². The summed E-state index contributed by atoms with van der Waals surface area (Å²) in [4.78, 5) is 14.1. The smallest absolute Gasteiger partial charge is 0.247 e. The van der Waals surface area contributed by atoms with E-state index in [9.17, 15) is 4.79 Å². The molecule has 5 heteroatoms. The SMILES string of the molecule is C[Si](C)(C)CCOCn1c(-c2ccc(=O)[nH]c2)cc2ccccc21. The van der Waals surface area contributed by atoms with Crippen LogP contribution in [0, 0.1) is 0 Å². The zero-order chi connectivity index (χ0) is 17.2. The number of ether oxygens (including phenoxy) is 1. The van der Waals surface area contributed by atoms with Gasteiger partial charge in [0.25, 0.3) is 0 Å². The number of hydrogen-bond donors (Lipinski definition) is 1. The van der Waals surface area contributed by atoms with E-state index in [1.54, 1.807) is 12.3 Å². The van der Waals surface area contributed by atoms with Gasteiger partial charge in [0.1, 0.15) is 6.73 Å². The molecule has 0 saturated heterocycles. The second kappa shape index (κ2) is 6.79. The van der Waals surface area contributed by atoms with Crippen LogP contribution in [0.4, 0.5) is 0 Å². The molecular weight excluding hydrogens is 316 g/mol. The average Bonchev–Trinajstić information content (AvgIpc) is 2.90. The van der Waals surface area contributed by atoms with Crippen molar-refractivity contribution < 1.29 is 4.74 Å². The lowest BCUT2D eigenvalue weighted by Crippen LogP contribution is -2.22. The van der Waals surface area contributed by atoms with Gasteiger partial charge in [0.2, 0.25) is 5.56 Å². The van der Waals surface area contributed by atoms with Gasteiger partial charge < -0.3 is 14.3 Å². The summed E-state index contributed by atoms with van der Waals surface area (Å²) >= 11 is 0. The summed E-state index contributed by atoms with van der Waals surface area (Å²) in [6.45, 7) is 8.37. The van der Waals surface area contributed by atoms with Crippen LogP contribution < -0.4 is 5.56 Å². The Labute approximate surface area is 143 Å². The van der Waals surface area contributed by atoms with Gasteiger partial charge in [0.05, 0.1) is 11.2 Å². The van der Waals surface area contributed by atoms with Gasteiger partial charge in [-0.3, -0.25) is 4.79 Å². The van der Waals surface area contributed by atoms with Crippen molar-refractivity contribution in [1.29, 1.82) is 0 Å². The Balaban J connectivity index is 1.90. The first kappa shape index (κ1) is 16.7. The summed E-state index contributed by atoms with van der Waals surface area (Å²) in [5.74, 6) is 0. The molecule has 0 radical (unpaired) electrons. The number of pyridine rings is 1. The highest BCUT2D eigenvalue weighted by atomic mass is 28.3. The highest BCUT2D eigenvalue weighted by Crippen LogP contribution is 2.27. The number of hydrogen-bond acceptors (Lipinski definition) is 2. The molecule has 126 valence electrons. The highest BCUT2D eigenvalue weighted by molar-refractivity contribution is 6.76. The van der Waals surface area contributed by atoms with E-state index in [0.717, 1.165) is 29.4 Å². The molecule has 3 aromatic rings. The molecule has 2 aromatic heterocycles. The number of aromatic amines is 1. The minimum Gasteiger partial charge on any atom is -0.361 e. The molecule has 0 spiro atoms. The zero-order valence-electron chi connectivity index (χ0n) is 14.5. The van der Waals surface area contributed by atoms with E-state index in [4.69, 9.17) is 4.74 Å². The van der Waals surface area contributed by atoms with Crippen molar-refractivity contribution in [3.05, 3.63) is 59.0 Å². The third-order valence-corrected chi connectivity index (χ3v) is 5.81. The van der Waals surface area contributed by atoms with Crippen molar-refractivity contribution in [3.63, 3.8) is 0 Å². The molecule has 0 fully saturated rings. The molecule has 0 amide bonds. The van der Waals surface area contributed by atoms with E-state index in [1.807, 2.05) is 18.2 Å². The highest BCUT2D eigenvalue weighted by Gasteiger charge is 2.14. The Morgan fingerprint density at radius 3 is 2.62 bits per heavy atom. The molecule has 0 saturated carbocycles. The minimum absolute atomic E-state index is 0.0900. The van der Waals surface area contributed by atoms with Gasteiger partial charge in [0.15, 0.2) is 0 Å². The largest absolute Gasteiger partial charge is 0.361 e. The maximum atomic E-state index is 11.3. The van der Waals surface area contributed by atoms with Crippen LogP contribution in [-0.4, -0.2) is 24.2 Å². The topological polar surface area (TPSA) is 47.0 Å². The number of para-hydroxylation sites is 1. The second-order valence-electron chi connectivity index (χ2n) is 7.31. The Bertz CT molecular complexity index is 870. The lowest BCUT2D eigenvalue weighted by atomic mass is 10.2. The summed E-state index contributed by atoms with van der Waals surface area (Å²) in [7, 11) is -1.09. The molecule has 0 aliphatic rings. The molecule has 1 aromatic carbocycles. The third kappa shape index (κ3) is 3.86. The van der Waals surface area contributed by atoms with Crippen molar-refractivity contribution in [2.24, 2.45) is 0 Å². The number of fused-ring (bicyclic) bond motifs is 1. The second-order valence-corrected chi connectivity index (χ2v) is 12.9. The number of nitrogens with one attached hydrogen (secondary N) is 1. The number of nitrogens with zero attached hydrogens (tertiary/aromatic N) is 1. The predicted octanol–water partition coefficient (Wildman–Crippen LogP) is 4.31. The summed E-state index contributed by atoms with van der Waals surface area (Å²) in [6, 6.07) is 15.0. The van der Waals surface area contributed by atoms with Gasteiger partial charge in [-0.1, -0.05) is 37.8 Å². The predicted molar refractivity (Wildman–Crippen MR) is 102 cm³/mol. The molecule has 3 rings (SSSR count). The maximum Gasteiger partial charge on any atom is 0.247 e. The summed E-state index contributed by atoms with van der Waals surface area (Å²) in [5.41, 5.74) is 3.10. The summed E-state index contributed by atoms with van der Waals surface area (Å²) < 4.78 is 8.15. The normalized spacial score (nSPS) is 12.0. The van der Waals surface area contributed by atoms with E-state index in [2.05, 4.69) is 47.4 Å². The molecule has 0 atom stereocenters. The quantitative estimate of drug-likeness (QED) is 0.537. The molecular formula is C19H24N2O2Si. The molecule has 0 bridgehead atoms. The van der Waals surface area contributed by atoms with E-state index < -0.39 is 8.07 Å². The molecule has 0 unspecified atom stereocenters. The molecule has 1 N–H and O–H groups in total. The minimum atomic E-state index is -1.09. The van der Waals surface area contributed by atoms with Gasteiger partial charge in [-0.15, -0.1) is 0 Å². The Hall–Kier alpha value is -2.11. The summed E-state index contributed by atoms with van der Waals surface area (Å²) in [5, 5.41) is 1.17. The van der Waals surface area contributed by atoms with Crippen molar-refractivity contribution in [2.45, 2.75) is 32.4 Å². The lowest BCUT2D eigenvalue weighted by Gasteiger charge is -2.17. The van der Waals surface area contributed by atoms with Crippen LogP contribution in [0.15, 0.2) is 53.5 Å². The molecule has 4 nitrogen and oxygen atoms in total. The van der Waals surface area contributed by atoms with Crippen LogP contribution in [0.3, 0.4) is 0 Å². The van der Waals surface area contributed by atoms with Crippen LogP contribution in [0.5, 0.6) is 0 Å². The van der Waals surface area contributed by atoms with Crippen LogP contribution in [0.25, 0.3) is 22.2 Å². The lowest BCUT2D eigenvalue weighted by molar-refractivity contribution is 0.0913. The van der Waals surface area contributed by atoms with E-state index in [-0.39, 0.29) is 5.56 Å². The Kier molecular flexibility index (Phi) is 4.73. The van der Waals surface area contributed by atoms with Crippen molar-refractivity contribution in [2.75, 3.05) is 6.61 Å². The zero-order valence-corrected chi connectivity index (χ0v) is 15.5. The first-order chi connectivity index (χ1) is 11.4. The van der Waals surface area contributed by atoms with Crippen molar-refractivity contribution in [3.8, 4) is 11.3 Å². The van der Waals surface area contributed by atoms with E-state index >= 15 is 0 Å². The fraction of sp³-hybridized carbons (Fsp3) is 0.316. The van der Waals surface area contributed by atoms with Crippen LogP contribution in [0.1, 0.15) is 0 Å². The summed E-state index contributed by atoms with van der Waals surface area (Å²) in [6.07, 6.45) is 1.76. The fourth-order valence-corrected chi connectivity index (χ4v) is 3.45. The van der Waals surface area contributed by atoms with Crippen LogP contribution in [-0.2, 0) is 11.5 Å². The van der Waals surface area contributed by atoms with Crippen LogP contribution in [0.2, 0.25) is 25.7 Å². The number of H-pyrrole nitrogens is 1. The molecule has 0 aliphatic heterocycles. The third-order valence-electron chi connectivity index (χ3n) is 4.11. The molecule has 2 heterocycles. The number of aromatic nitrogens is 2. The van der Waals surface area contributed by atoms with Gasteiger partial charge >= 0.3 is 0 Å². The van der Waals surface area contributed by atoms with E-state index in [1.165, 1.54) is 5.39 Å². The van der Waals surface area contributed by atoms with Gasteiger partial charge in [-0.25, -0.2) is 0 Å². The van der Waals surface area contributed by atoms with Crippen LogP contribution >= 0.6 is 0 Å². The number of benzene rings is 1. The van der Waals surface area contributed by atoms with Crippen molar-refractivity contribution >= 4 is 19.0 Å². The fourth-order valence-electron chi connectivity index (χ4n) is 2.69. The monoisotopic (exact) mass is 340 g/mol. The molecule has 0 aliphatic carbocycles. The van der Waals surface area contributed by atoms with Gasteiger partial charge in [-0.2, -0.15) is 0 Å². The van der Waals surface area contributed by atoms with Gasteiger partial charge in [-0.05, 0) is 24.2 Å². The molecule has 24 heavy (non-hydrogen) atoms. The Morgan fingerprint density at radius 2 is 1.92 bits per heavy atom.